The number of nitrogens with zero attached hydrogens (tertiary/aromatic N) is 3. The molecule has 18 heavy (non-hydrogen) atoms. The van der Waals surface area contributed by atoms with E-state index >= 15 is 0 Å². The largest absolute Gasteiger partial charge is 0.673 e. The van der Waals surface area contributed by atoms with Gasteiger partial charge in [0.1, 0.15) is 0 Å². The molecule has 0 radical (unpaired) electrons. The Kier molecular flexibility index (Phi) is 7.04. The van der Waals surface area contributed by atoms with Gasteiger partial charge in [-0.25, -0.2) is 0 Å². The first-order chi connectivity index (χ1) is 8.31. The molecule has 1 rings (SSSR count). The molecular formula is C10H15BF4N3-. The molecule has 0 saturated carbocycles. The van der Waals surface area contributed by atoms with Gasteiger partial charge in [-0.1, -0.05) is 0 Å². The summed E-state index contributed by atoms with van der Waals surface area (Å²) >= 11 is 0. The molecule has 0 amide bonds. The van der Waals surface area contributed by atoms with Gasteiger partial charge >= 0.3 is 7.25 Å². The van der Waals surface area contributed by atoms with Gasteiger partial charge in [0.05, 0.1) is 6.42 Å². The van der Waals surface area contributed by atoms with Gasteiger partial charge in [-0.2, -0.15) is 4.79 Å². The van der Waals surface area contributed by atoms with E-state index in [0.717, 1.165) is 25.2 Å². The first kappa shape index (κ1) is 16.4. The molecule has 0 heterocycles. The Morgan fingerprint density at radius 1 is 1.22 bits per heavy atom. The first-order valence-corrected chi connectivity index (χ1v) is 5.53. The van der Waals surface area contributed by atoms with Crippen LogP contribution in [0.1, 0.15) is 20.3 Å². The summed E-state index contributed by atoms with van der Waals surface area (Å²) < 4.78 is 39.0. The highest BCUT2D eigenvalue weighted by molar-refractivity contribution is 6.50. The molecule has 8 heteroatoms. The van der Waals surface area contributed by atoms with Gasteiger partial charge in [-0.3, -0.25) is 0 Å². The van der Waals surface area contributed by atoms with Gasteiger partial charge in [0, 0.05) is 24.9 Å². The van der Waals surface area contributed by atoms with Gasteiger partial charge in [0.15, 0.2) is 0 Å². The van der Waals surface area contributed by atoms with Crippen molar-refractivity contribution in [3.63, 3.8) is 0 Å². The van der Waals surface area contributed by atoms with Crippen LogP contribution in [0.5, 0.6) is 0 Å². The topological polar surface area (TPSA) is 39.6 Å². The molecule has 0 aromatic rings. The van der Waals surface area contributed by atoms with Crippen molar-refractivity contribution in [2.45, 2.75) is 20.3 Å². The summed E-state index contributed by atoms with van der Waals surface area (Å²) in [5, 5.41) is 0. The van der Waals surface area contributed by atoms with E-state index < -0.39 is 7.25 Å². The Bertz CT molecular complexity index is 360. The van der Waals surface area contributed by atoms with E-state index in [1.165, 1.54) is 5.70 Å². The molecule has 102 valence electrons. The summed E-state index contributed by atoms with van der Waals surface area (Å²) in [5.74, 6) is 0. The second kappa shape index (κ2) is 7.71. The molecule has 0 aromatic carbocycles. The first-order valence-electron chi connectivity index (χ1n) is 5.53. The average molecular weight is 264 g/mol. The van der Waals surface area contributed by atoms with Crippen molar-refractivity contribution < 1.29 is 22.1 Å². The maximum absolute atomic E-state index is 9.75. The Balaban J connectivity index is 0.000000494. The van der Waals surface area contributed by atoms with Crippen LogP contribution in [0.2, 0.25) is 0 Å². The van der Waals surface area contributed by atoms with Crippen molar-refractivity contribution >= 4 is 13.0 Å². The minimum atomic E-state index is -6.00. The number of hydrogen-bond acceptors (Lipinski definition) is 1. The number of hydrogen-bond donors (Lipinski definition) is 0. The maximum Gasteiger partial charge on any atom is 0.673 e. The standard InChI is InChI=1S/C10H15N3.BF4/c1-3-13(4-2)10-7-5-9(12-11)6-8-10;2-1(3,4)5/h5,7-8H,3-4,6H2,1-2H3;/q;-1. The van der Waals surface area contributed by atoms with Crippen LogP contribution in [0.4, 0.5) is 17.3 Å². The van der Waals surface area contributed by atoms with Crippen LogP contribution in [-0.4, -0.2) is 35.7 Å². The zero-order chi connectivity index (χ0) is 14.2. The highest BCUT2D eigenvalue weighted by Gasteiger charge is 2.20. The minimum absolute atomic E-state index is 0.718. The summed E-state index contributed by atoms with van der Waals surface area (Å²) in [4.78, 5) is 5.43. The van der Waals surface area contributed by atoms with Gasteiger partial charge in [-0.15, -0.1) is 0 Å². The molecule has 0 bridgehead atoms. The molecule has 0 saturated heterocycles. The number of halogens is 4. The molecule has 0 N–H and O–H groups in total. The molecule has 1 aliphatic rings. The van der Waals surface area contributed by atoms with Crippen LogP contribution >= 0.6 is 0 Å². The molecule has 3 nitrogen and oxygen atoms in total. The highest BCUT2D eigenvalue weighted by Crippen LogP contribution is 2.11. The van der Waals surface area contributed by atoms with Crippen LogP contribution in [0, 0.1) is 0 Å². The summed E-state index contributed by atoms with van der Waals surface area (Å²) in [7, 11) is -6.00. The molecule has 0 atom stereocenters. The van der Waals surface area contributed by atoms with Crippen LogP contribution < -0.4 is 0 Å². The number of rotatable bonds is 3. The fourth-order valence-corrected chi connectivity index (χ4v) is 1.42. The Morgan fingerprint density at radius 3 is 2.00 bits per heavy atom. The average Bonchev–Trinajstić information content (AvgIpc) is 2.29. The SMILES string of the molecule is CCN(CC)C1=CCC(=[N+]=[N-])C=C1.F[B-](F)(F)F. The lowest BCUT2D eigenvalue weighted by Gasteiger charge is -2.22. The summed E-state index contributed by atoms with van der Waals surface area (Å²) in [5.41, 5.74) is 10.5. The molecule has 1 aliphatic carbocycles. The van der Waals surface area contributed by atoms with Gasteiger partial charge < -0.3 is 27.7 Å². The van der Waals surface area contributed by atoms with E-state index in [2.05, 4.69) is 29.6 Å². The Hall–Kier alpha value is -1.56. The van der Waals surface area contributed by atoms with Crippen molar-refractivity contribution in [1.82, 2.24) is 4.90 Å². The maximum atomic E-state index is 9.75. The normalized spacial score (nSPS) is 14.3. The monoisotopic (exact) mass is 264 g/mol. The summed E-state index contributed by atoms with van der Waals surface area (Å²) in [6, 6.07) is 0. The molecule has 0 aliphatic heterocycles. The second-order valence-electron chi connectivity index (χ2n) is 3.42. The minimum Gasteiger partial charge on any atom is -0.418 e. The smallest absolute Gasteiger partial charge is 0.418 e. The lowest BCUT2D eigenvalue weighted by Crippen LogP contribution is -2.22. The fraction of sp³-hybridized carbons (Fsp3) is 0.500. The van der Waals surface area contributed by atoms with E-state index in [0.29, 0.717) is 0 Å². The van der Waals surface area contributed by atoms with Gasteiger partial charge in [-0.05, 0) is 26.0 Å². The third-order valence-corrected chi connectivity index (χ3v) is 2.22. The number of likely N-dealkylation sites (N-methyl/N-ethyl adjacent to an activating group) is 1. The van der Waals surface area contributed by atoms with E-state index in [1.54, 1.807) is 0 Å². The predicted octanol–water partition coefficient (Wildman–Crippen LogP) is 3.14. The Morgan fingerprint density at radius 2 is 1.72 bits per heavy atom. The Labute approximate surface area is 104 Å². The lowest BCUT2D eigenvalue weighted by molar-refractivity contribution is -0.00547. The number of allylic oxidation sites excluding steroid dienone is 3. The molecule has 0 aromatic heterocycles. The van der Waals surface area contributed by atoms with E-state index in [4.69, 9.17) is 5.53 Å². The second-order valence-corrected chi connectivity index (χ2v) is 3.42. The van der Waals surface area contributed by atoms with Crippen molar-refractivity contribution in [2.75, 3.05) is 13.1 Å². The van der Waals surface area contributed by atoms with Gasteiger partial charge in [0.2, 0.25) is 0 Å². The molecule has 0 spiro atoms. The zero-order valence-corrected chi connectivity index (χ0v) is 10.3. The molecule has 0 unspecified atom stereocenters. The van der Waals surface area contributed by atoms with E-state index in [-0.39, 0.29) is 0 Å². The van der Waals surface area contributed by atoms with E-state index in [9.17, 15) is 17.3 Å². The summed E-state index contributed by atoms with van der Waals surface area (Å²) in [6.07, 6.45) is 6.65. The van der Waals surface area contributed by atoms with Crippen LogP contribution in [-0.2, 0) is 0 Å². The third kappa shape index (κ3) is 7.68. The van der Waals surface area contributed by atoms with Crippen molar-refractivity contribution in [1.29, 1.82) is 0 Å². The van der Waals surface area contributed by atoms with E-state index in [1.807, 2.05) is 12.2 Å². The zero-order valence-electron chi connectivity index (χ0n) is 10.3. The van der Waals surface area contributed by atoms with Crippen LogP contribution in [0.25, 0.3) is 5.53 Å². The summed E-state index contributed by atoms with van der Waals surface area (Å²) in [6.45, 7) is 6.29. The van der Waals surface area contributed by atoms with Crippen LogP contribution in [0.3, 0.4) is 0 Å². The quantitative estimate of drug-likeness (QED) is 0.334. The predicted molar refractivity (Wildman–Crippen MR) is 63.6 cm³/mol. The molecular weight excluding hydrogens is 249 g/mol. The van der Waals surface area contributed by atoms with Gasteiger partial charge in [0.25, 0.3) is 5.71 Å². The molecule has 0 fully saturated rings. The van der Waals surface area contributed by atoms with Crippen LogP contribution in [0.15, 0.2) is 23.9 Å². The highest BCUT2D eigenvalue weighted by atomic mass is 19.5. The lowest BCUT2D eigenvalue weighted by atomic mass is 10.1. The van der Waals surface area contributed by atoms with Crippen molar-refractivity contribution in [2.24, 2.45) is 0 Å². The fourth-order valence-electron chi connectivity index (χ4n) is 1.42. The third-order valence-electron chi connectivity index (χ3n) is 2.22. The van der Waals surface area contributed by atoms with Crippen molar-refractivity contribution in [3.05, 3.63) is 29.5 Å². The van der Waals surface area contributed by atoms with Crippen molar-refractivity contribution in [3.8, 4) is 0 Å².